The van der Waals surface area contributed by atoms with Crippen molar-refractivity contribution in [2.24, 2.45) is 0 Å². The van der Waals surface area contributed by atoms with Gasteiger partial charge in [0.25, 0.3) is 0 Å². The maximum absolute atomic E-state index is 10.9. The fourth-order valence-corrected chi connectivity index (χ4v) is 2.89. The van der Waals surface area contributed by atoms with Crippen molar-refractivity contribution in [3.63, 3.8) is 0 Å². The first-order chi connectivity index (χ1) is 8.88. The van der Waals surface area contributed by atoms with Gasteiger partial charge in [0.2, 0.25) is 0 Å². The van der Waals surface area contributed by atoms with Crippen LogP contribution < -0.4 is 5.73 Å². The second kappa shape index (κ2) is 5.01. The number of hydrogen-bond donors (Lipinski definition) is 2. The monoisotopic (exact) mass is 276 g/mol. The maximum atomic E-state index is 10.9. The number of aliphatic carboxylic acids is 1. The lowest BCUT2D eigenvalue weighted by Gasteiger charge is -2.09. The molecule has 5 heteroatoms. The summed E-state index contributed by atoms with van der Waals surface area (Å²) in [7, 11) is 0. The van der Waals surface area contributed by atoms with Crippen molar-refractivity contribution in [1.82, 2.24) is 4.98 Å². The van der Waals surface area contributed by atoms with E-state index in [0.717, 1.165) is 16.7 Å². The van der Waals surface area contributed by atoms with E-state index >= 15 is 0 Å². The number of benzene rings is 1. The molecule has 0 atom stereocenters. The van der Waals surface area contributed by atoms with Crippen molar-refractivity contribution in [3.8, 4) is 11.3 Å². The Morgan fingerprint density at radius 3 is 2.53 bits per heavy atom. The Balaban J connectivity index is 2.58. The Labute approximate surface area is 115 Å². The quantitative estimate of drug-likeness (QED) is 0.903. The topological polar surface area (TPSA) is 76.2 Å². The number of anilines is 1. The van der Waals surface area contributed by atoms with Crippen molar-refractivity contribution < 1.29 is 9.90 Å². The lowest BCUT2D eigenvalue weighted by atomic mass is 9.98. The van der Waals surface area contributed by atoms with Crippen LogP contribution in [0.15, 0.2) is 12.1 Å². The van der Waals surface area contributed by atoms with Crippen LogP contribution >= 0.6 is 11.3 Å². The normalized spacial score (nSPS) is 10.7. The molecule has 0 bridgehead atoms. The molecular formula is C14H16N2O2S. The van der Waals surface area contributed by atoms with E-state index in [0.29, 0.717) is 15.7 Å². The number of rotatable bonds is 3. The minimum Gasteiger partial charge on any atom is -0.481 e. The van der Waals surface area contributed by atoms with E-state index in [1.54, 1.807) is 0 Å². The molecule has 0 aliphatic carbocycles. The Morgan fingerprint density at radius 1 is 1.26 bits per heavy atom. The Bertz CT molecular complexity index is 647. The van der Waals surface area contributed by atoms with E-state index in [-0.39, 0.29) is 6.42 Å². The van der Waals surface area contributed by atoms with Crippen LogP contribution in [-0.4, -0.2) is 16.1 Å². The summed E-state index contributed by atoms with van der Waals surface area (Å²) >= 11 is 1.24. The predicted molar refractivity (Wildman–Crippen MR) is 77.5 cm³/mol. The molecule has 2 aromatic rings. The zero-order chi connectivity index (χ0) is 14.2. The maximum Gasteiger partial charge on any atom is 0.308 e. The van der Waals surface area contributed by atoms with Gasteiger partial charge in [-0.3, -0.25) is 4.79 Å². The van der Waals surface area contributed by atoms with Gasteiger partial charge in [0, 0.05) is 10.4 Å². The van der Waals surface area contributed by atoms with Gasteiger partial charge >= 0.3 is 5.97 Å². The molecule has 4 nitrogen and oxygen atoms in total. The SMILES string of the molecule is Cc1cc(C)c(-c2nc(N)sc2CC(=O)O)cc1C. The molecule has 1 aromatic carbocycles. The third-order valence-corrected chi connectivity index (χ3v) is 4.01. The second-order valence-corrected chi connectivity index (χ2v) is 5.76. The van der Waals surface area contributed by atoms with Crippen LogP contribution in [0.2, 0.25) is 0 Å². The van der Waals surface area contributed by atoms with Crippen LogP contribution in [0, 0.1) is 20.8 Å². The van der Waals surface area contributed by atoms with Gasteiger partial charge in [0.1, 0.15) is 0 Å². The predicted octanol–water partition coefficient (Wildman–Crippen LogP) is 2.94. The molecule has 2 rings (SSSR count). The van der Waals surface area contributed by atoms with Crippen LogP contribution in [0.3, 0.4) is 0 Å². The summed E-state index contributed by atoms with van der Waals surface area (Å²) in [6, 6.07) is 4.13. The zero-order valence-electron chi connectivity index (χ0n) is 11.2. The van der Waals surface area contributed by atoms with Gasteiger partial charge in [0.05, 0.1) is 12.1 Å². The van der Waals surface area contributed by atoms with Gasteiger partial charge in [-0.15, -0.1) is 11.3 Å². The number of carbonyl (C=O) groups is 1. The van der Waals surface area contributed by atoms with Crippen molar-refractivity contribution in [2.45, 2.75) is 27.2 Å². The highest BCUT2D eigenvalue weighted by atomic mass is 32.1. The molecule has 0 aliphatic rings. The van der Waals surface area contributed by atoms with Crippen LogP contribution in [0.25, 0.3) is 11.3 Å². The summed E-state index contributed by atoms with van der Waals surface area (Å²) in [4.78, 5) is 15.9. The molecule has 0 unspecified atom stereocenters. The largest absolute Gasteiger partial charge is 0.481 e. The number of aromatic nitrogens is 1. The molecule has 100 valence electrons. The number of nitrogens with zero attached hydrogens (tertiary/aromatic N) is 1. The summed E-state index contributed by atoms with van der Waals surface area (Å²) in [5.41, 5.74) is 10.8. The number of carboxylic acids is 1. The molecule has 0 saturated carbocycles. The Kier molecular flexibility index (Phi) is 3.57. The first-order valence-electron chi connectivity index (χ1n) is 5.93. The smallest absolute Gasteiger partial charge is 0.308 e. The van der Waals surface area contributed by atoms with Crippen LogP contribution in [0.1, 0.15) is 21.6 Å². The molecule has 0 aliphatic heterocycles. The number of thiazole rings is 1. The lowest BCUT2D eigenvalue weighted by molar-refractivity contribution is -0.136. The van der Waals surface area contributed by atoms with E-state index in [2.05, 4.69) is 18.0 Å². The molecule has 19 heavy (non-hydrogen) atoms. The van der Waals surface area contributed by atoms with E-state index in [9.17, 15) is 4.79 Å². The minimum atomic E-state index is -0.869. The van der Waals surface area contributed by atoms with E-state index in [1.165, 1.54) is 16.9 Å². The molecule has 0 saturated heterocycles. The van der Waals surface area contributed by atoms with Gasteiger partial charge in [-0.25, -0.2) is 4.98 Å². The van der Waals surface area contributed by atoms with Gasteiger partial charge < -0.3 is 10.8 Å². The number of nitrogens with two attached hydrogens (primary N) is 1. The van der Waals surface area contributed by atoms with Gasteiger partial charge in [-0.1, -0.05) is 6.07 Å². The molecule has 1 aromatic heterocycles. The molecule has 0 radical (unpaired) electrons. The number of aryl methyl sites for hydroxylation is 3. The molecular weight excluding hydrogens is 260 g/mol. The lowest BCUT2D eigenvalue weighted by Crippen LogP contribution is -2.00. The fraction of sp³-hybridized carbons (Fsp3) is 0.286. The Hall–Kier alpha value is -1.88. The highest BCUT2D eigenvalue weighted by Crippen LogP contribution is 2.33. The molecule has 0 amide bonds. The summed E-state index contributed by atoms with van der Waals surface area (Å²) in [6.07, 6.45) is -0.0451. The van der Waals surface area contributed by atoms with Crippen molar-refractivity contribution in [1.29, 1.82) is 0 Å². The zero-order valence-corrected chi connectivity index (χ0v) is 12.0. The average molecular weight is 276 g/mol. The Morgan fingerprint density at radius 2 is 1.89 bits per heavy atom. The summed E-state index contributed by atoms with van der Waals surface area (Å²) in [5, 5.41) is 9.36. The van der Waals surface area contributed by atoms with Crippen molar-refractivity contribution in [3.05, 3.63) is 33.7 Å². The first-order valence-corrected chi connectivity index (χ1v) is 6.75. The van der Waals surface area contributed by atoms with Crippen molar-refractivity contribution >= 4 is 22.4 Å². The molecule has 3 N–H and O–H groups in total. The van der Waals surface area contributed by atoms with Gasteiger partial charge in [0.15, 0.2) is 5.13 Å². The highest BCUT2D eigenvalue weighted by molar-refractivity contribution is 7.15. The van der Waals surface area contributed by atoms with E-state index in [4.69, 9.17) is 10.8 Å². The third kappa shape index (κ3) is 2.76. The highest BCUT2D eigenvalue weighted by Gasteiger charge is 2.16. The summed E-state index contributed by atoms with van der Waals surface area (Å²) < 4.78 is 0. The van der Waals surface area contributed by atoms with Crippen LogP contribution in [-0.2, 0) is 11.2 Å². The summed E-state index contributed by atoms with van der Waals surface area (Å²) in [5.74, 6) is -0.869. The number of carboxylic acid groups (broad SMARTS) is 1. The average Bonchev–Trinajstić information content (AvgIpc) is 2.63. The minimum absolute atomic E-state index is 0.0451. The summed E-state index contributed by atoms with van der Waals surface area (Å²) in [6.45, 7) is 6.09. The van der Waals surface area contributed by atoms with E-state index in [1.807, 2.05) is 19.9 Å². The standard InChI is InChI=1S/C14H16N2O2S/c1-7-4-9(3)10(5-8(7)2)13-11(6-12(17)18)19-14(15)16-13/h4-5H,6H2,1-3H3,(H2,15,16)(H,17,18). The third-order valence-electron chi connectivity index (χ3n) is 3.12. The van der Waals surface area contributed by atoms with Crippen LogP contribution in [0.5, 0.6) is 0 Å². The second-order valence-electron chi connectivity index (χ2n) is 4.65. The molecule has 0 spiro atoms. The van der Waals surface area contributed by atoms with Crippen molar-refractivity contribution in [2.75, 3.05) is 5.73 Å². The van der Waals surface area contributed by atoms with E-state index < -0.39 is 5.97 Å². The number of hydrogen-bond acceptors (Lipinski definition) is 4. The molecule has 1 heterocycles. The fourth-order valence-electron chi connectivity index (χ4n) is 2.05. The number of nitrogen functional groups attached to an aromatic ring is 1. The van der Waals surface area contributed by atoms with Gasteiger partial charge in [-0.2, -0.15) is 0 Å². The van der Waals surface area contributed by atoms with Gasteiger partial charge in [-0.05, 0) is 43.5 Å². The molecule has 0 fully saturated rings. The van der Waals surface area contributed by atoms with Crippen LogP contribution in [0.4, 0.5) is 5.13 Å². The first kappa shape index (κ1) is 13.5.